The van der Waals surface area contributed by atoms with E-state index >= 15 is 4.39 Å². The van der Waals surface area contributed by atoms with Crippen molar-refractivity contribution in [3.63, 3.8) is 0 Å². The molecular weight excluding hydrogens is 409 g/mol. The van der Waals surface area contributed by atoms with Gasteiger partial charge in [-0.25, -0.2) is 14.1 Å². The molecule has 1 aromatic heterocycles. The van der Waals surface area contributed by atoms with E-state index < -0.39 is 8.07 Å². The number of aromatic nitrogens is 3. The zero-order chi connectivity index (χ0) is 21.8. The fraction of sp³-hybridized carbons (Fsp3) is 0.417. The minimum absolute atomic E-state index is 0.283. The summed E-state index contributed by atoms with van der Waals surface area (Å²) in [5.41, 5.74) is 1.46. The molecule has 1 heterocycles. The standard InChI is InChI=1S/C24H30FN3O2Si/c1-31(2,3)14-13-29-17-28-24(26-23(27-28)19-9-10-19)21-12-11-20(15-22(21)25)30-16-18-7-5-4-6-8-18/h4-8,11-12,15,19H,9-10,13-14,16-17H2,1-3H3. The highest BCUT2D eigenvalue weighted by Crippen LogP contribution is 2.39. The molecule has 1 saturated carbocycles. The maximum atomic E-state index is 15.0. The van der Waals surface area contributed by atoms with Crippen LogP contribution in [0.5, 0.6) is 5.75 Å². The number of hydrogen-bond acceptors (Lipinski definition) is 4. The Morgan fingerprint density at radius 2 is 1.87 bits per heavy atom. The van der Waals surface area contributed by atoms with E-state index in [0.29, 0.717) is 36.3 Å². The molecule has 2 aromatic carbocycles. The van der Waals surface area contributed by atoms with Crippen LogP contribution in [-0.2, 0) is 18.1 Å². The van der Waals surface area contributed by atoms with Crippen LogP contribution in [0, 0.1) is 5.82 Å². The Balaban J connectivity index is 1.48. The summed E-state index contributed by atoms with van der Waals surface area (Å²) >= 11 is 0. The van der Waals surface area contributed by atoms with E-state index in [-0.39, 0.29) is 12.5 Å². The Labute approximate surface area is 184 Å². The minimum atomic E-state index is -1.17. The van der Waals surface area contributed by atoms with E-state index in [2.05, 4.69) is 29.7 Å². The van der Waals surface area contributed by atoms with Crippen LogP contribution in [-0.4, -0.2) is 29.4 Å². The zero-order valence-corrected chi connectivity index (χ0v) is 19.5. The Morgan fingerprint density at radius 1 is 1.10 bits per heavy atom. The van der Waals surface area contributed by atoms with Crippen molar-refractivity contribution < 1.29 is 13.9 Å². The molecule has 0 spiro atoms. The first-order chi connectivity index (χ1) is 14.9. The van der Waals surface area contributed by atoms with E-state index in [4.69, 9.17) is 9.47 Å². The summed E-state index contributed by atoms with van der Waals surface area (Å²) in [4.78, 5) is 4.65. The highest BCUT2D eigenvalue weighted by atomic mass is 28.3. The summed E-state index contributed by atoms with van der Waals surface area (Å²) in [5, 5.41) is 4.62. The van der Waals surface area contributed by atoms with E-state index in [1.807, 2.05) is 30.3 Å². The molecule has 164 valence electrons. The molecule has 3 aromatic rings. The number of benzene rings is 2. The topological polar surface area (TPSA) is 49.2 Å². The van der Waals surface area contributed by atoms with Crippen LogP contribution in [0.4, 0.5) is 4.39 Å². The average Bonchev–Trinajstić information content (AvgIpc) is 3.50. The third-order valence-corrected chi connectivity index (χ3v) is 6.97. The van der Waals surface area contributed by atoms with Crippen molar-refractivity contribution in [3.8, 4) is 17.1 Å². The SMILES string of the molecule is C[Si](C)(C)CCOCn1nc(C2CC2)nc1-c1ccc(OCc2ccccc2)cc1F. The van der Waals surface area contributed by atoms with Gasteiger partial charge in [0.2, 0.25) is 0 Å². The maximum Gasteiger partial charge on any atom is 0.163 e. The minimum Gasteiger partial charge on any atom is -0.489 e. The molecule has 0 saturated heterocycles. The first kappa shape index (κ1) is 21.7. The van der Waals surface area contributed by atoms with Crippen LogP contribution in [0.25, 0.3) is 11.4 Å². The molecule has 1 fully saturated rings. The van der Waals surface area contributed by atoms with Crippen molar-refractivity contribution in [1.29, 1.82) is 0 Å². The van der Waals surface area contributed by atoms with Crippen LogP contribution in [0.15, 0.2) is 48.5 Å². The van der Waals surface area contributed by atoms with Crippen LogP contribution in [0.2, 0.25) is 25.7 Å². The largest absolute Gasteiger partial charge is 0.489 e. The predicted molar refractivity (Wildman–Crippen MR) is 122 cm³/mol. The summed E-state index contributed by atoms with van der Waals surface area (Å²) in [5.74, 6) is 1.81. The Morgan fingerprint density at radius 3 is 2.55 bits per heavy atom. The van der Waals surface area contributed by atoms with Crippen molar-refractivity contribution >= 4 is 8.07 Å². The van der Waals surface area contributed by atoms with Crippen LogP contribution < -0.4 is 4.74 Å². The molecule has 7 heteroatoms. The number of rotatable bonds is 10. The van der Waals surface area contributed by atoms with Crippen LogP contribution >= 0.6 is 0 Å². The van der Waals surface area contributed by atoms with Gasteiger partial charge in [-0.3, -0.25) is 0 Å². The van der Waals surface area contributed by atoms with E-state index in [1.54, 1.807) is 16.8 Å². The smallest absolute Gasteiger partial charge is 0.163 e. The molecule has 5 nitrogen and oxygen atoms in total. The summed E-state index contributed by atoms with van der Waals surface area (Å²) in [7, 11) is -1.17. The molecule has 1 aliphatic carbocycles. The van der Waals surface area contributed by atoms with Crippen LogP contribution in [0.3, 0.4) is 0 Å². The number of halogens is 1. The summed E-state index contributed by atoms with van der Waals surface area (Å²) in [6.07, 6.45) is 2.18. The molecule has 31 heavy (non-hydrogen) atoms. The van der Waals surface area contributed by atoms with Gasteiger partial charge in [-0.05, 0) is 36.6 Å². The fourth-order valence-electron chi connectivity index (χ4n) is 3.20. The highest BCUT2D eigenvalue weighted by Gasteiger charge is 2.30. The van der Waals surface area contributed by atoms with Gasteiger partial charge in [0.1, 0.15) is 24.9 Å². The van der Waals surface area contributed by atoms with E-state index in [1.165, 1.54) is 6.07 Å². The zero-order valence-electron chi connectivity index (χ0n) is 18.5. The normalized spacial score (nSPS) is 14.1. The van der Waals surface area contributed by atoms with Gasteiger partial charge < -0.3 is 9.47 Å². The Kier molecular flexibility index (Phi) is 6.53. The molecule has 0 amide bonds. The lowest BCUT2D eigenvalue weighted by Crippen LogP contribution is -2.22. The van der Waals surface area contributed by atoms with Crippen molar-refractivity contribution in [2.24, 2.45) is 0 Å². The van der Waals surface area contributed by atoms with Gasteiger partial charge >= 0.3 is 0 Å². The highest BCUT2D eigenvalue weighted by molar-refractivity contribution is 6.76. The van der Waals surface area contributed by atoms with Crippen molar-refractivity contribution in [3.05, 3.63) is 65.7 Å². The summed E-state index contributed by atoms with van der Waals surface area (Å²) < 4.78 is 28.3. The first-order valence-corrected chi connectivity index (χ1v) is 14.6. The third-order valence-electron chi connectivity index (χ3n) is 5.27. The molecule has 4 rings (SSSR count). The van der Waals surface area contributed by atoms with Gasteiger partial charge in [0, 0.05) is 26.7 Å². The number of nitrogens with zero attached hydrogens (tertiary/aromatic N) is 3. The molecule has 0 N–H and O–H groups in total. The fourth-order valence-corrected chi connectivity index (χ4v) is 3.96. The van der Waals surface area contributed by atoms with Gasteiger partial charge in [-0.2, -0.15) is 5.10 Å². The monoisotopic (exact) mass is 439 g/mol. The lowest BCUT2D eigenvalue weighted by molar-refractivity contribution is 0.0793. The van der Waals surface area contributed by atoms with Crippen molar-refractivity contribution in [2.75, 3.05) is 6.61 Å². The summed E-state index contributed by atoms with van der Waals surface area (Å²) in [6.45, 7) is 8.32. The quantitative estimate of drug-likeness (QED) is 0.294. The second-order valence-corrected chi connectivity index (χ2v) is 15.0. The van der Waals surface area contributed by atoms with Crippen molar-refractivity contribution in [1.82, 2.24) is 14.8 Å². The second kappa shape index (κ2) is 9.32. The van der Waals surface area contributed by atoms with E-state index in [9.17, 15) is 0 Å². The lowest BCUT2D eigenvalue weighted by atomic mass is 10.2. The number of hydrogen-bond donors (Lipinski definition) is 0. The molecule has 0 radical (unpaired) electrons. The van der Waals surface area contributed by atoms with E-state index in [0.717, 1.165) is 30.3 Å². The average molecular weight is 440 g/mol. The molecule has 0 unspecified atom stereocenters. The molecule has 1 aliphatic rings. The summed E-state index contributed by atoms with van der Waals surface area (Å²) in [6, 6.07) is 15.8. The second-order valence-electron chi connectivity index (χ2n) is 9.33. The molecule has 0 aliphatic heterocycles. The van der Waals surface area contributed by atoms with Crippen LogP contribution in [0.1, 0.15) is 30.1 Å². The van der Waals surface area contributed by atoms with Gasteiger partial charge in [0.05, 0.1) is 5.56 Å². The molecule has 0 atom stereocenters. The molecular formula is C24H30FN3O2Si. The Hall–Kier alpha value is -2.51. The number of ether oxygens (including phenoxy) is 2. The lowest BCUT2D eigenvalue weighted by Gasteiger charge is -2.15. The maximum absolute atomic E-state index is 15.0. The Bertz CT molecular complexity index is 1010. The van der Waals surface area contributed by atoms with Gasteiger partial charge in [-0.1, -0.05) is 50.0 Å². The van der Waals surface area contributed by atoms with Gasteiger partial charge in [-0.15, -0.1) is 0 Å². The van der Waals surface area contributed by atoms with Crippen molar-refractivity contribution in [2.45, 2.75) is 57.8 Å². The molecule has 0 bridgehead atoms. The van der Waals surface area contributed by atoms with Gasteiger partial charge in [0.15, 0.2) is 11.6 Å². The third kappa shape index (κ3) is 6.01. The van der Waals surface area contributed by atoms with Gasteiger partial charge in [0.25, 0.3) is 0 Å². The predicted octanol–water partition coefficient (Wildman–Crippen LogP) is 5.85. The first-order valence-electron chi connectivity index (χ1n) is 10.9.